The SMILES string of the molecule is CC(C)c1ccccc1NC(=O)CSc1nnnn1Cc1ccco1. The Bertz CT molecular complexity index is 829. The number of tetrazole rings is 1. The fourth-order valence-electron chi connectivity index (χ4n) is 2.38. The van der Waals surface area contributed by atoms with Gasteiger partial charge in [0.2, 0.25) is 11.1 Å². The lowest BCUT2D eigenvalue weighted by molar-refractivity contribution is -0.113. The molecule has 2 heterocycles. The second-order valence-corrected chi connectivity index (χ2v) is 6.72. The summed E-state index contributed by atoms with van der Waals surface area (Å²) in [5, 5.41) is 15.1. The highest BCUT2D eigenvalue weighted by Crippen LogP contribution is 2.24. The van der Waals surface area contributed by atoms with Crippen LogP contribution in [0.1, 0.15) is 31.1 Å². The molecule has 1 N–H and O–H groups in total. The van der Waals surface area contributed by atoms with Gasteiger partial charge in [0, 0.05) is 5.69 Å². The fraction of sp³-hybridized carbons (Fsp3) is 0.294. The Morgan fingerprint density at radius 2 is 2.12 bits per heavy atom. The van der Waals surface area contributed by atoms with Crippen LogP contribution in [0, 0.1) is 0 Å². The molecule has 8 heteroatoms. The van der Waals surface area contributed by atoms with E-state index in [1.54, 1.807) is 10.9 Å². The van der Waals surface area contributed by atoms with Gasteiger partial charge in [-0.25, -0.2) is 4.68 Å². The van der Waals surface area contributed by atoms with Crippen molar-refractivity contribution in [3.63, 3.8) is 0 Å². The number of hydrogen-bond donors (Lipinski definition) is 1. The van der Waals surface area contributed by atoms with Crippen LogP contribution in [-0.4, -0.2) is 31.9 Å². The minimum absolute atomic E-state index is 0.0920. The standard InChI is InChI=1S/C17H19N5O2S/c1-12(2)14-7-3-4-8-15(14)18-16(23)11-25-17-19-20-21-22(17)10-13-6-5-9-24-13/h3-9,12H,10-11H2,1-2H3,(H,18,23). The molecule has 0 fully saturated rings. The summed E-state index contributed by atoms with van der Waals surface area (Å²) in [7, 11) is 0. The molecule has 1 amide bonds. The van der Waals surface area contributed by atoms with Crippen molar-refractivity contribution in [3.05, 3.63) is 54.0 Å². The van der Waals surface area contributed by atoms with Crippen LogP contribution < -0.4 is 5.32 Å². The molecule has 2 aromatic heterocycles. The average Bonchev–Trinajstić information content (AvgIpc) is 3.26. The summed E-state index contributed by atoms with van der Waals surface area (Å²) in [6, 6.07) is 11.5. The van der Waals surface area contributed by atoms with E-state index < -0.39 is 0 Å². The molecule has 0 saturated carbocycles. The van der Waals surface area contributed by atoms with Crippen LogP contribution in [0.5, 0.6) is 0 Å². The maximum Gasteiger partial charge on any atom is 0.234 e. The van der Waals surface area contributed by atoms with Gasteiger partial charge in [-0.2, -0.15) is 0 Å². The second kappa shape index (κ2) is 7.98. The highest BCUT2D eigenvalue weighted by Gasteiger charge is 2.13. The average molecular weight is 357 g/mol. The summed E-state index contributed by atoms with van der Waals surface area (Å²) in [6.45, 7) is 4.63. The van der Waals surface area contributed by atoms with Crippen LogP contribution in [-0.2, 0) is 11.3 Å². The molecule has 7 nitrogen and oxygen atoms in total. The molecule has 0 radical (unpaired) electrons. The lowest BCUT2D eigenvalue weighted by atomic mass is 10.0. The van der Waals surface area contributed by atoms with Crippen LogP contribution in [0.25, 0.3) is 0 Å². The molecule has 3 aromatic rings. The zero-order valence-corrected chi connectivity index (χ0v) is 14.9. The smallest absolute Gasteiger partial charge is 0.234 e. The Kier molecular flexibility index (Phi) is 5.49. The Morgan fingerprint density at radius 3 is 2.88 bits per heavy atom. The number of carbonyl (C=O) groups excluding carboxylic acids is 1. The number of thioether (sulfide) groups is 1. The topological polar surface area (TPSA) is 85.8 Å². The second-order valence-electron chi connectivity index (χ2n) is 5.78. The molecule has 0 aliphatic rings. The van der Waals surface area contributed by atoms with Gasteiger partial charge in [0.15, 0.2) is 0 Å². The molecule has 0 spiro atoms. The molecule has 130 valence electrons. The lowest BCUT2D eigenvalue weighted by Crippen LogP contribution is -2.16. The molecule has 0 saturated heterocycles. The van der Waals surface area contributed by atoms with Gasteiger partial charge in [0.1, 0.15) is 12.3 Å². The number of carbonyl (C=O) groups is 1. The number of para-hydroxylation sites is 1. The Morgan fingerprint density at radius 1 is 1.28 bits per heavy atom. The molecule has 0 aliphatic carbocycles. The predicted octanol–water partition coefficient (Wildman–Crippen LogP) is 3.17. The Labute approximate surface area is 149 Å². The number of rotatable bonds is 7. The molecule has 25 heavy (non-hydrogen) atoms. The molecule has 1 aromatic carbocycles. The third-order valence-electron chi connectivity index (χ3n) is 3.57. The van der Waals surface area contributed by atoms with Crippen LogP contribution in [0.2, 0.25) is 0 Å². The van der Waals surface area contributed by atoms with E-state index in [2.05, 4.69) is 34.7 Å². The van der Waals surface area contributed by atoms with Gasteiger partial charge in [0.25, 0.3) is 0 Å². The number of amides is 1. The first-order chi connectivity index (χ1) is 12.1. The van der Waals surface area contributed by atoms with E-state index in [9.17, 15) is 4.79 Å². The summed E-state index contributed by atoms with van der Waals surface area (Å²) < 4.78 is 6.91. The summed E-state index contributed by atoms with van der Waals surface area (Å²) in [6.07, 6.45) is 1.60. The van der Waals surface area contributed by atoms with Crippen molar-refractivity contribution >= 4 is 23.4 Å². The molecule has 0 bridgehead atoms. The monoisotopic (exact) mass is 357 g/mol. The number of nitrogens with one attached hydrogen (secondary N) is 1. The fourth-order valence-corrected chi connectivity index (χ4v) is 3.06. The minimum atomic E-state index is -0.0920. The van der Waals surface area contributed by atoms with E-state index in [0.29, 0.717) is 17.6 Å². The number of aromatic nitrogens is 4. The quantitative estimate of drug-likeness (QED) is 0.654. The van der Waals surface area contributed by atoms with Crippen molar-refractivity contribution in [2.45, 2.75) is 31.5 Å². The van der Waals surface area contributed by atoms with Gasteiger partial charge in [-0.3, -0.25) is 4.79 Å². The summed E-state index contributed by atoms with van der Waals surface area (Å²) >= 11 is 1.29. The summed E-state index contributed by atoms with van der Waals surface area (Å²) in [5.41, 5.74) is 1.96. The molecule has 0 unspecified atom stereocenters. The number of anilines is 1. The van der Waals surface area contributed by atoms with Gasteiger partial charge in [0.05, 0.1) is 12.0 Å². The largest absolute Gasteiger partial charge is 0.467 e. The van der Waals surface area contributed by atoms with Gasteiger partial charge >= 0.3 is 0 Å². The molecular formula is C17H19N5O2S. The molecular weight excluding hydrogens is 338 g/mol. The molecule has 0 atom stereocenters. The zero-order valence-electron chi connectivity index (χ0n) is 14.0. The van der Waals surface area contributed by atoms with Gasteiger partial charge in [-0.1, -0.05) is 43.8 Å². The van der Waals surface area contributed by atoms with Crippen molar-refractivity contribution in [2.75, 3.05) is 11.1 Å². The van der Waals surface area contributed by atoms with Crippen molar-refractivity contribution in [3.8, 4) is 0 Å². The Balaban J connectivity index is 1.59. The van der Waals surface area contributed by atoms with Crippen molar-refractivity contribution < 1.29 is 9.21 Å². The van der Waals surface area contributed by atoms with Gasteiger partial charge in [-0.05, 0) is 40.1 Å². The van der Waals surface area contributed by atoms with Crippen molar-refractivity contribution in [2.24, 2.45) is 0 Å². The van der Waals surface area contributed by atoms with E-state index in [4.69, 9.17) is 4.42 Å². The van der Waals surface area contributed by atoms with Crippen molar-refractivity contribution in [1.82, 2.24) is 20.2 Å². The third kappa shape index (κ3) is 4.48. The lowest BCUT2D eigenvalue weighted by Gasteiger charge is -2.13. The van der Waals surface area contributed by atoms with E-state index in [1.807, 2.05) is 36.4 Å². The highest BCUT2D eigenvalue weighted by molar-refractivity contribution is 7.99. The van der Waals surface area contributed by atoms with Crippen LogP contribution in [0.3, 0.4) is 0 Å². The number of furan rings is 1. The van der Waals surface area contributed by atoms with E-state index in [1.165, 1.54) is 11.8 Å². The van der Waals surface area contributed by atoms with Crippen LogP contribution in [0.4, 0.5) is 5.69 Å². The first-order valence-electron chi connectivity index (χ1n) is 7.93. The highest BCUT2D eigenvalue weighted by atomic mass is 32.2. The first-order valence-corrected chi connectivity index (χ1v) is 8.92. The summed E-state index contributed by atoms with van der Waals surface area (Å²) in [5.74, 6) is 1.23. The maximum atomic E-state index is 12.3. The van der Waals surface area contributed by atoms with E-state index in [-0.39, 0.29) is 11.7 Å². The van der Waals surface area contributed by atoms with E-state index in [0.717, 1.165) is 17.0 Å². The zero-order chi connectivity index (χ0) is 17.6. The molecule has 0 aliphatic heterocycles. The normalized spacial score (nSPS) is 11.0. The number of hydrogen-bond acceptors (Lipinski definition) is 6. The number of nitrogens with zero attached hydrogens (tertiary/aromatic N) is 4. The number of benzene rings is 1. The first kappa shape index (κ1) is 17.2. The van der Waals surface area contributed by atoms with Crippen LogP contribution >= 0.6 is 11.8 Å². The molecule has 3 rings (SSSR count). The van der Waals surface area contributed by atoms with Crippen molar-refractivity contribution in [1.29, 1.82) is 0 Å². The third-order valence-corrected chi connectivity index (χ3v) is 4.53. The van der Waals surface area contributed by atoms with Gasteiger partial charge in [-0.15, -0.1) is 5.10 Å². The maximum absolute atomic E-state index is 12.3. The van der Waals surface area contributed by atoms with Gasteiger partial charge < -0.3 is 9.73 Å². The summed E-state index contributed by atoms with van der Waals surface area (Å²) in [4.78, 5) is 12.3. The van der Waals surface area contributed by atoms with E-state index >= 15 is 0 Å². The predicted molar refractivity (Wildman–Crippen MR) is 95.5 cm³/mol. The minimum Gasteiger partial charge on any atom is -0.467 e. The van der Waals surface area contributed by atoms with Crippen LogP contribution in [0.15, 0.2) is 52.2 Å². The Hall–Kier alpha value is -2.61.